The maximum Gasteiger partial charge on any atom is 0.419 e. The smallest absolute Gasteiger partial charge is 0.419 e. The van der Waals surface area contributed by atoms with Crippen LogP contribution in [0.25, 0.3) is 0 Å². The zero-order chi connectivity index (χ0) is 24.0. The van der Waals surface area contributed by atoms with Crippen molar-refractivity contribution in [3.63, 3.8) is 0 Å². The number of nitrogens with zero attached hydrogens (tertiary/aromatic N) is 5. The molecule has 1 fully saturated rings. The molecule has 0 radical (unpaired) electrons. The molecule has 1 saturated heterocycles. The third kappa shape index (κ3) is 6.65. The molecule has 12 heteroatoms. The fraction of sp³-hybridized carbons (Fsp3) is 0.571. The number of alkyl halides is 3. The van der Waals surface area contributed by atoms with Gasteiger partial charge in [-0.1, -0.05) is 0 Å². The summed E-state index contributed by atoms with van der Waals surface area (Å²) in [6, 6.07) is 0. The Hall–Kier alpha value is -3.18. The van der Waals surface area contributed by atoms with Crippen molar-refractivity contribution in [2.75, 3.05) is 31.1 Å². The second-order valence-corrected chi connectivity index (χ2v) is 8.00. The first kappa shape index (κ1) is 24.5. The Balaban J connectivity index is 1.36. The van der Waals surface area contributed by atoms with E-state index < -0.39 is 11.7 Å². The summed E-state index contributed by atoms with van der Waals surface area (Å²) in [5, 5.41) is 6.09. The van der Waals surface area contributed by atoms with Crippen LogP contribution < -0.4 is 15.2 Å². The number of unbranched alkanes of at least 4 members (excludes halogenated alkanes) is 1. The van der Waals surface area contributed by atoms with Gasteiger partial charge in [0.25, 0.3) is 5.56 Å². The molecule has 0 aromatic carbocycles. The molecule has 1 atom stereocenters. The van der Waals surface area contributed by atoms with Crippen molar-refractivity contribution in [1.29, 1.82) is 0 Å². The number of nitrogens with one attached hydrogen (secondary N) is 1. The number of H-pyrrole nitrogens is 1. The Kier molecular flexibility index (Phi) is 7.88. The zero-order valence-electron chi connectivity index (χ0n) is 18.6. The Morgan fingerprint density at radius 1 is 1.15 bits per heavy atom. The Morgan fingerprint density at radius 2 is 1.82 bits per heavy atom. The van der Waals surface area contributed by atoms with E-state index in [1.54, 1.807) is 16.7 Å². The molecule has 1 amide bonds. The number of aromatic nitrogens is 4. The second-order valence-electron chi connectivity index (χ2n) is 8.00. The van der Waals surface area contributed by atoms with Crippen molar-refractivity contribution in [1.82, 2.24) is 25.1 Å². The zero-order valence-corrected chi connectivity index (χ0v) is 18.6. The molecule has 33 heavy (non-hydrogen) atoms. The molecule has 1 N–H and O–H groups in total. The van der Waals surface area contributed by atoms with Gasteiger partial charge in [-0.15, -0.1) is 0 Å². The van der Waals surface area contributed by atoms with Crippen LogP contribution in [0.4, 0.5) is 19.1 Å². The number of carbonyl (C=O) groups is 1. The van der Waals surface area contributed by atoms with Crippen LogP contribution in [0.5, 0.6) is 5.75 Å². The lowest BCUT2D eigenvalue weighted by Crippen LogP contribution is -2.49. The molecule has 0 bridgehead atoms. The molecule has 1 aliphatic rings. The first-order valence-electron chi connectivity index (χ1n) is 10.8. The van der Waals surface area contributed by atoms with Crippen molar-refractivity contribution >= 4 is 11.9 Å². The highest BCUT2D eigenvalue weighted by atomic mass is 19.4. The normalized spacial score (nSPS) is 15.4. The summed E-state index contributed by atoms with van der Waals surface area (Å²) in [5.41, 5.74) is -0.688. The van der Waals surface area contributed by atoms with Gasteiger partial charge in [0.1, 0.15) is 5.75 Å². The molecule has 1 aliphatic heterocycles. The van der Waals surface area contributed by atoms with Crippen LogP contribution in [0.15, 0.2) is 23.4 Å². The molecule has 0 saturated carbocycles. The predicted octanol–water partition coefficient (Wildman–Crippen LogP) is 2.56. The summed E-state index contributed by atoms with van der Waals surface area (Å²) < 4.78 is 43.7. The summed E-state index contributed by atoms with van der Waals surface area (Å²) in [5.74, 6) is 0.735. The van der Waals surface area contributed by atoms with Crippen molar-refractivity contribution in [2.45, 2.75) is 51.8 Å². The standard InChI is InChI=1S/C21H27F3N6O3/c1-14(33-17-13-27-28-19(32)15(17)2)5-3-4-6-18(31)29-7-9-30(10-8-29)20-25-11-16(12-26-20)21(22,23)24/h11-14H,3-10H2,1-2H3,(H,28,32)/t14-/m0/s1. The van der Waals surface area contributed by atoms with Crippen LogP contribution in [-0.2, 0) is 11.0 Å². The van der Waals surface area contributed by atoms with E-state index in [4.69, 9.17) is 4.74 Å². The number of hydrogen-bond acceptors (Lipinski definition) is 7. The topological polar surface area (TPSA) is 104 Å². The second kappa shape index (κ2) is 10.6. The van der Waals surface area contributed by atoms with Crippen LogP contribution in [-0.4, -0.2) is 63.3 Å². The van der Waals surface area contributed by atoms with Crippen LogP contribution in [0.2, 0.25) is 0 Å². The van der Waals surface area contributed by atoms with Crippen LogP contribution in [0.3, 0.4) is 0 Å². The summed E-state index contributed by atoms with van der Waals surface area (Å²) in [7, 11) is 0. The van der Waals surface area contributed by atoms with E-state index in [1.807, 2.05) is 6.92 Å². The predicted molar refractivity (Wildman–Crippen MR) is 114 cm³/mol. The minimum Gasteiger partial charge on any atom is -0.489 e. The molecule has 0 aliphatic carbocycles. The number of piperazine rings is 1. The average molecular weight is 468 g/mol. The highest BCUT2D eigenvalue weighted by Crippen LogP contribution is 2.28. The van der Waals surface area contributed by atoms with Gasteiger partial charge in [0.2, 0.25) is 11.9 Å². The number of halogens is 3. The molecule has 3 heterocycles. The minimum atomic E-state index is -4.47. The minimum absolute atomic E-state index is 0.0474. The summed E-state index contributed by atoms with van der Waals surface area (Å²) in [4.78, 5) is 35.2. The quantitative estimate of drug-likeness (QED) is 0.594. The van der Waals surface area contributed by atoms with Gasteiger partial charge in [0, 0.05) is 45.0 Å². The third-order valence-electron chi connectivity index (χ3n) is 5.52. The van der Waals surface area contributed by atoms with Gasteiger partial charge >= 0.3 is 6.18 Å². The molecular formula is C21H27F3N6O3. The number of amides is 1. The van der Waals surface area contributed by atoms with Crippen molar-refractivity contribution in [3.05, 3.63) is 40.1 Å². The molecule has 0 unspecified atom stereocenters. The molecule has 2 aromatic heterocycles. The summed E-state index contributed by atoms with van der Waals surface area (Å²) >= 11 is 0. The first-order valence-corrected chi connectivity index (χ1v) is 10.8. The van der Waals surface area contributed by atoms with E-state index in [-0.39, 0.29) is 23.5 Å². The van der Waals surface area contributed by atoms with E-state index >= 15 is 0 Å². The van der Waals surface area contributed by atoms with E-state index in [0.29, 0.717) is 50.3 Å². The van der Waals surface area contributed by atoms with Gasteiger partial charge in [-0.2, -0.15) is 18.3 Å². The largest absolute Gasteiger partial charge is 0.489 e. The van der Waals surface area contributed by atoms with E-state index in [9.17, 15) is 22.8 Å². The molecule has 0 spiro atoms. The Bertz CT molecular complexity index is 988. The number of rotatable bonds is 8. The number of anilines is 1. The molecule has 2 aromatic rings. The summed E-state index contributed by atoms with van der Waals surface area (Å²) in [6.45, 7) is 5.45. The van der Waals surface area contributed by atoms with Gasteiger partial charge in [-0.05, 0) is 33.1 Å². The van der Waals surface area contributed by atoms with Crippen LogP contribution in [0, 0.1) is 6.92 Å². The van der Waals surface area contributed by atoms with E-state index in [2.05, 4.69) is 20.2 Å². The van der Waals surface area contributed by atoms with Gasteiger partial charge in [-0.3, -0.25) is 9.59 Å². The number of aromatic amines is 1. The molecule has 9 nitrogen and oxygen atoms in total. The van der Waals surface area contributed by atoms with Crippen molar-refractivity contribution < 1.29 is 22.7 Å². The Morgan fingerprint density at radius 3 is 2.45 bits per heavy atom. The fourth-order valence-corrected chi connectivity index (χ4v) is 3.49. The van der Waals surface area contributed by atoms with Gasteiger partial charge in [-0.25, -0.2) is 15.1 Å². The van der Waals surface area contributed by atoms with Crippen LogP contribution in [0.1, 0.15) is 43.7 Å². The number of hydrogen-bond donors (Lipinski definition) is 1. The SMILES string of the molecule is Cc1c(O[C@@H](C)CCCCC(=O)N2CCN(c3ncc(C(F)(F)F)cn3)CC2)cn[nH]c1=O. The first-order chi connectivity index (χ1) is 15.6. The van der Waals surface area contributed by atoms with Crippen molar-refractivity contribution in [2.24, 2.45) is 0 Å². The highest BCUT2D eigenvalue weighted by Gasteiger charge is 2.32. The lowest BCUT2D eigenvalue weighted by Gasteiger charge is -2.34. The van der Waals surface area contributed by atoms with Gasteiger partial charge < -0.3 is 14.5 Å². The van der Waals surface area contributed by atoms with Crippen LogP contribution >= 0.6 is 0 Å². The van der Waals surface area contributed by atoms with E-state index in [0.717, 1.165) is 25.2 Å². The summed E-state index contributed by atoms with van der Waals surface area (Å²) in [6.07, 6.45) is 1.10. The molecule has 180 valence electrons. The van der Waals surface area contributed by atoms with E-state index in [1.165, 1.54) is 6.20 Å². The van der Waals surface area contributed by atoms with Gasteiger partial charge in [0.15, 0.2) is 0 Å². The lowest BCUT2D eigenvalue weighted by molar-refractivity contribution is -0.138. The molecule has 3 rings (SSSR count). The maximum atomic E-state index is 12.6. The Labute approximate surface area is 189 Å². The average Bonchev–Trinajstić information content (AvgIpc) is 2.79. The molecular weight excluding hydrogens is 441 g/mol. The monoisotopic (exact) mass is 468 g/mol. The van der Waals surface area contributed by atoms with Gasteiger partial charge in [0.05, 0.1) is 23.4 Å². The highest BCUT2D eigenvalue weighted by molar-refractivity contribution is 5.76. The van der Waals surface area contributed by atoms with Crippen molar-refractivity contribution in [3.8, 4) is 5.75 Å². The lowest BCUT2D eigenvalue weighted by atomic mass is 10.1. The fourth-order valence-electron chi connectivity index (χ4n) is 3.49. The third-order valence-corrected chi connectivity index (χ3v) is 5.52. The number of ether oxygens (including phenoxy) is 1. The maximum absolute atomic E-state index is 12.6. The number of carbonyl (C=O) groups excluding carboxylic acids is 1.